The van der Waals surface area contributed by atoms with Crippen LogP contribution in [0.2, 0.25) is 0 Å². The van der Waals surface area contributed by atoms with Crippen molar-refractivity contribution >= 4 is 11.8 Å². The highest BCUT2D eigenvalue weighted by atomic mass is 16.6. The summed E-state index contributed by atoms with van der Waals surface area (Å²) in [6, 6.07) is 8.22. The Morgan fingerprint density at radius 3 is 2.55 bits per heavy atom. The van der Waals surface area contributed by atoms with E-state index in [2.05, 4.69) is 17.4 Å². The SMILES string of the molecule is CN(C(=O)OC(C)(C)C)c1ccc(CC2CCCNC2)cc1. The Morgan fingerprint density at radius 2 is 2.00 bits per heavy atom. The number of benzene rings is 1. The van der Waals surface area contributed by atoms with Crippen molar-refractivity contribution in [2.24, 2.45) is 5.92 Å². The van der Waals surface area contributed by atoms with Gasteiger partial charge in [0, 0.05) is 12.7 Å². The van der Waals surface area contributed by atoms with Gasteiger partial charge < -0.3 is 10.1 Å². The molecular formula is C18H28N2O2. The lowest BCUT2D eigenvalue weighted by Gasteiger charge is -2.25. The minimum Gasteiger partial charge on any atom is -0.443 e. The number of carbonyl (C=O) groups is 1. The molecule has 2 rings (SSSR count). The van der Waals surface area contributed by atoms with Crippen LogP contribution in [0.15, 0.2) is 24.3 Å². The maximum atomic E-state index is 12.1. The van der Waals surface area contributed by atoms with Crippen LogP contribution in [-0.2, 0) is 11.2 Å². The molecule has 0 aliphatic carbocycles. The molecule has 0 aromatic heterocycles. The quantitative estimate of drug-likeness (QED) is 0.927. The van der Waals surface area contributed by atoms with E-state index >= 15 is 0 Å². The van der Waals surface area contributed by atoms with Gasteiger partial charge in [-0.1, -0.05) is 12.1 Å². The predicted octanol–water partition coefficient (Wildman–Crippen LogP) is 3.60. The van der Waals surface area contributed by atoms with Crippen molar-refractivity contribution in [2.45, 2.75) is 45.6 Å². The van der Waals surface area contributed by atoms with E-state index in [1.165, 1.54) is 18.4 Å². The number of hydrogen-bond acceptors (Lipinski definition) is 3. The van der Waals surface area contributed by atoms with Gasteiger partial charge in [-0.05, 0) is 76.7 Å². The normalized spacial score (nSPS) is 18.8. The molecular weight excluding hydrogens is 276 g/mol. The second-order valence-electron chi connectivity index (χ2n) is 7.12. The number of nitrogens with zero attached hydrogens (tertiary/aromatic N) is 1. The molecule has 1 unspecified atom stereocenters. The summed E-state index contributed by atoms with van der Waals surface area (Å²) in [6.45, 7) is 7.88. The molecule has 0 saturated carbocycles. The molecule has 0 spiro atoms. The molecule has 1 aromatic rings. The molecule has 0 radical (unpaired) electrons. The highest BCUT2D eigenvalue weighted by molar-refractivity contribution is 5.87. The summed E-state index contributed by atoms with van der Waals surface area (Å²) in [5, 5.41) is 3.45. The van der Waals surface area contributed by atoms with Gasteiger partial charge in [0.25, 0.3) is 0 Å². The number of hydrogen-bond donors (Lipinski definition) is 1. The van der Waals surface area contributed by atoms with Crippen LogP contribution in [0.1, 0.15) is 39.2 Å². The summed E-state index contributed by atoms with van der Waals surface area (Å²) in [5.74, 6) is 0.725. The third kappa shape index (κ3) is 5.02. The van der Waals surface area contributed by atoms with Crippen LogP contribution >= 0.6 is 0 Å². The van der Waals surface area contributed by atoms with Gasteiger partial charge in [-0.2, -0.15) is 0 Å². The zero-order chi connectivity index (χ0) is 16.2. The number of carbonyl (C=O) groups excluding carboxylic acids is 1. The second-order valence-corrected chi connectivity index (χ2v) is 7.12. The molecule has 122 valence electrons. The lowest BCUT2D eigenvalue weighted by molar-refractivity contribution is 0.0589. The Balaban J connectivity index is 1.94. The molecule has 0 bridgehead atoms. The third-order valence-corrected chi connectivity index (χ3v) is 3.91. The molecule has 4 nitrogen and oxygen atoms in total. The zero-order valence-electron chi connectivity index (χ0n) is 14.2. The van der Waals surface area contributed by atoms with E-state index in [-0.39, 0.29) is 6.09 Å². The van der Waals surface area contributed by atoms with E-state index in [1.807, 2.05) is 32.9 Å². The van der Waals surface area contributed by atoms with E-state index in [0.717, 1.165) is 31.1 Å². The van der Waals surface area contributed by atoms with Crippen LogP contribution in [-0.4, -0.2) is 31.8 Å². The molecule has 4 heteroatoms. The first-order chi connectivity index (χ1) is 10.3. The molecule has 1 aliphatic rings. The van der Waals surface area contributed by atoms with Crippen LogP contribution in [0.3, 0.4) is 0 Å². The first kappa shape index (κ1) is 16.8. The van der Waals surface area contributed by atoms with E-state index < -0.39 is 5.60 Å². The molecule has 1 saturated heterocycles. The maximum Gasteiger partial charge on any atom is 0.414 e. The van der Waals surface area contributed by atoms with Gasteiger partial charge in [-0.3, -0.25) is 4.90 Å². The third-order valence-electron chi connectivity index (χ3n) is 3.91. The van der Waals surface area contributed by atoms with Gasteiger partial charge in [-0.15, -0.1) is 0 Å². The lowest BCUT2D eigenvalue weighted by Crippen LogP contribution is -2.34. The molecule has 1 heterocycles. The Kier molecular flexibility index (Phi) is 5.46. The summed E-state index contributed by atoms with van der Waals surface area (Å²) in [5.41, 5.74) is 1.72. The Morgan fingerprint density at radius 1 is 1.32 bits per heavy atom. The van der Waals surface area contributed by atoms with Gasteiger partial charge in [-0.25, -0.2) is 4.79 Å². The van der Waals surface area contributed by atoms with Crippen molar-refractivity contribution < 1.29 is 9.53 Å². The van der Waals surface area contributed by atoms with Crippen molar-refractivity contribution in [1.29, 1.82) is 0 Å². The summed E-state index contributed by atoms with van der Waals surface area (Å²) in [7, 11) is 1.74. The number of amides is 1. The van der Waals surface area contributed by atoms with E-state index in [0.29, 0.717) is 0 Å². The van der Waals surface area contributed by atoms with Crippen molar-refractivity contribution in [2.75, 3.05) is 25.0 Å². The van der Waals surface area contributed by atoms with Gasteiger partial charge in [0.1, 0.15) is 5.60 Å². The van der Waals surface area contributed by atoms with Gasteiger partial charge in [0.2, 0.25) is 0 Å². The Hall–Kier alpha value is -1.55. The Bertz CT molecular complexity index is 485. The number of piperidine rings is 1. The summed E-state index contributed by atoms with van der Waals surface area (Å²) >= 11 is 0. The smallest absolute Gasteiger partial charge is 0.414 e. The van der Waals surface area contributed by atoms with Crippen molar-refractivity contribution in [3.63, 3.8) is 0 Å². The van der Waals surface area contributed by atoms with Crippen LogP contribution in [0.25, 0.3) is 0 Å². The minimum atomic E-state index is -0.473. The standard InChI is InChI=1S/C18H28N2O2/c1-18(2,3)22-17(21)20(4)16-9-7-14(8-10-16)12-15-6-5-11-19-13-15/h7-10,15,19H,5-6,11-13H2,1-4H3. The molecule has 1 N–H and O–H groups in total. The van der Waals surface area contributed by atoms with Crippen LogP contribution in [0.4, 0.5) is 10.5 Å². The van der Waals surface area contributed by atoms with E-state index in [9.17, 15) is 4.79 Å². The fourth-order valence-electron chi connectivity index (χ4n) is 2.72. The van der Waals surface area contributed by atoms with E-state index in [1.54, 1.807) is 11.9 Å². The first-order valence-electron chi connectivity index (χ1n) is 8.11. The van der Waals surface area contributed by atoms with Crippen LogP contribution in [0.5, 0.6) is 0 Å². The first-order valence-corrected chi connectivity index (χ1v) is 8.11. The van der Waals surface area contributed by atoms with Gasteiger partial charge >= 0.3 is 6.09 Å². The Labute approximate surface area is 133 Å². The predicted molar refractivity (Wildman–Crippen MR) is 90.4 cm³/mol. The second kappa shape index (κ2) is 7.14. The highest BCUT2D eigenvalue weighted by Gasteiger charge is 2.20. The average molecular weight is 304 g/mol. The van der Waals surface area contributed by atoms with Gasteiger partial charge in [0.05, 0.1) is 0 Å². The van der Waals surface area contributed by atoms with Crippen molar-refractivity contribution in [3.05, 3.63) is 29.8 Å². The largest absolute Gasteiger partial charge is 0.443 e. The average Bonchev–Trinajstić information content (AvgIpc) is 2.46. The monoisotopic (exact) mass is 304 g/mol. The minimum absolute atomic E-state index is 0.322. The number of nitrogens with one attached hydrogen (secondary N) is 1. The molecule has 22 heavy (non-hydrogen) atoms. The van der Waals surface area contributed by atoms with E-state index in [4.69, 9.17) is 4.74 Å². The topological polar surface area (TPSA) is 41.6 Å². The number of ether oxygens (including phenoxy) is 1. The molecule has 1 aromatic carbocycles. The summed E-state index contributed by atoms with van der Waals surface area (Å²) in [4.78, 5) is 13.6. The van der Waals surface area contributed by atoms with Gasteiger partial charge in [0.15, 0.2) is 0 Å². The molecule has 1 fully saturated rings. The zero-order valence-corrected chi connectivity index (χ0v) is 14.2. The number of rotatable bonds is 3. The van der Waals surface area contributed by atoms with Crippen LogP contribution in [0, 0.1) is 5.92 Å². The molecule has 1 amide bonds. The number of anilines is 1. The summed E-state index contributed by atoms with van der Waals surface area (Å²) in [6.07, 6.45) is 3.34. The van der Waals surface area contributed by atoms with Crippen LogP contribution < -0.4 is 10.2 Å². The van der Waals surface area contributed by atoms with Crippen molar-refractivity contribution in [1.82, 2.24) is 5.32 Å². The molecule has 1 aliphatic heterocycles. The molecule has 1 atom stereocenters. The van der Waals surface area contributed by atoms with Crippen molar-refractivity contribution in [3.8, 4) is 0 Å². The summed E-state index contributed by atoms with van der Waals surface area (Å²) < 4.78 is 5.38. The fourth-order valence-corrected chi connectivity index (χ4v) is 2.72. The highest BCUT2D eigenvalue weighted by Crippen LogP contribution is 2.21. The fraction of sp³-hybridized carbons (Fsp3) is 0.611. The lowest BCUT2D eigenvalue weighted by atomic mass is 9.92. The maximum absolute atomic E-state index is 12.1.